The SMILES string of the molecule is NC(CCc1cccs1)c1ccc(Br)cc1. The number of rotatable bonds is 4. The average molecular weight is 296 g/mol. The van der Waals surface area contributed by atoms with Gasteiger partial charge in [0.15, 0.2) is 0 Å². The Kier molecular flexibility index (Phi) is 4.16. The maximum atomic E-state index is 6.15. The molecule has 0 spiro atoms. The molecule has 1 heterocycles. The van der Waals surface area contributed by atoms with Crippen LogP contribution < -0.4 is 5.73 Å². The lowest BCUT2D eigenvalue weighted by molar-refractivity contribution is 0.655. The van der Waals surface area contributed by atoms with E-state index in [9.17, 15) is 0 Å². The zero-order chi connectivity index (χ0) is 11.4. The Bertz CT molecular complexity index is 422. The summed E-state index contributed by atoms with van der Waals surface area (Å²) in [5.41, 5.74) is 7.36. The monoisotopic (exact) mass is 295 g/mol. The molecule has 1 nitrogen and oxygen atoms in total. The molecule has 0 bridgehead atoms. The number of hydrogen-bond donors (Lipinski definition) is 1. The lowest BCUT2D eigenvalue weighted by atomic mass is 10.0. The molecule has 0 aliphatic rings. The largest absolute Gasteiger partial charge is 0.324 e. The third kappa shape index (κ3) is 3.17. The number of aryl methyl sites for hydroxylation is 1. The fourth-order valence-corrected chi connectivity index (χ4v) is 2.62. The van der Waals surface area contributed by atoms with Gasteiger partial charge in [-0.05, 0) is 42.0 Å². The molecule has 1 atom stereocenters. The smallest absolute Gasteiger partial charge is 0.0298 e. The number of nitrogens with two attached hydrogens (primary N) is 1. The molecule has 0 radical (unpaired) electrons. The lowest BCUT2D eigenvalue weighted by Crippen LogP contribution is -2.10. The topological polar surface area (TPSA) is 26.0 Å². The van der Waals surface area contributed by atoms with Gasteiger partial charge < -0.3 is 5.73 Å². The maximum absolute atomic E-state index is 6.15. The van der Waals surface area contributed by atoms with Crippen LogP contribution in [0.25, 0.3) is 0 Å². The first-order chi connectivity index (χ1) is 7.75. The average Bonchev–Trinajstić information content (AvgIpc) is 2.80. The molecule has 3 heteroatoms. The minimum atomic E-state index is 0.134. The summed E-state index contributed by atoms with van der Waals surface area (Å²) in [6.45, 7) is 0. The van der Waals surface area contributed by atoms with Gasteiger partial charge in [0, 0.05) is 15.4 Å². The van der Waals surface area contributed by atoms with E-state index in [1.165, 1.54) is 10.4 Å². The first-order valence-corrected chi connectivity index (χ1v) is 6.96. The van der Waals surface area contributed by atoms with Gasteiger partial charge in [0.25, 0.3) is 0 Å². The van der Waals surface area contributed by atoms with Crippen LogP contribution >= 0.6 is 27.3 Å². The van der Waals surface area contributed by atoms with E-state index in [-0.39, 0.29) is 6.04 Å². The Morgan fingerprint density at radius 3 is 2.56 bits per heavy atom. The van der Waals surface area contributed by atoms with Crippen LogP contribution in [0.5, 0.6) is 0 Å². The van der Waals surface area contributed by atoms with Gasteiger partial charge in [-0.1, -0.05) is 34.1 Å². The van der Waals surface area contributed by atoms with Gasteiger partial charge in [-0.3, -0.25) is 0 Å². The molecule has 1 unspecified atom stereocenters. The van der Waals surface area contributed by atoms with Crippen molar-refractivity contribution in [2.24, 2.45) is 5.73 Å². The van der Waals surface area contributed by atoms with Crippen molar-refractivity contribution < 1.29 is 0 Å². The second-order valence-corrected chi connectivity index (χ2v) is 5.72. The Hall–Kier alpha value is -0.640. The van der Waals surface area contributed by atoms with E-state index in [1.807, 2.05) is 12.1 Å². The van der Waals surface area contributed by atoms with E-state index in [4.69, 9.17) is 5.73 Å². The summed E-state index contributed by atoms with van der Waals surface area (Å²) in [7, 11) is 0. The summed E-state index contributed by atoms with van der Waals surface area (Å²) in [6, 6.07) is 12.6. The lowest BCUT2D eigenvalue weighted by Gasteiger charge is -2.11. The van der Waals surface area contributed by atoms with E-state index < -0.39 is 0 Å². The van der Waals surface area contributed by atoms with Gasteiger partial charge >= 0.3 is 0 Å². The van der Waals surface area contributed by atoms with Gasteiger partial charge in [0.2, 0.25) is 0 Å². The van der Waals surface area contributed by atoms with Crippen molar-refractivity contribution >= 4 is 27.3 Å². The molecule has 2 aromatic rings. The molecule has 0 saturated heterocycles. The van der Waals surface area contributed by atoms with Crippen LogP contribution in [0.4, 0.5) is 0 Å². The van der Waals surface area contributed by atoms with Crippen LogP contribution in [0, 0.1) is 0 Å². The standard InChI is InChI=1S/C13H14BrNS/c14-11-5-3-10(4-6-11)13(15)8-7-12-2-1-9-16-12/h1-6,9,13H,7-8,15H2. The fraction of sp³-hybridized carbons (Fsp3) is 0.231. The van der Waals surface area contributed by atoms with Gasteiger partial charge in [0.05, 0.1) is 0 Å². The summed E-state index contributed by atoms with van der Waals surface area (Å²) in [6.07, 6.45) is 2.07. The molecule has 16 heavy (non-hydrogen) atoms. The zero-order valence-corrected chi connectivity index (χ0v) is 11.3. The van der Waals surface area contributed by atoms with Gasteiger partial charge in [-0.15, -0.1) is 11.3 Å². The molecule has 1 aromatic carbocycles. The molecule has 0 saturated carbocycles. The zero-order valence-electron chi connectivity index (χ0n) is 8.90. The Labute approximate surface area is 108 Å². The molecule has 2 rings (SSSR count). The van der Waals surface area contributed by atoms with E-state index in [1.54, 1.807) is 11.3 Å². The summed E-state index contributed by atoms with van der Waals surface area (Å²) in [5, 5.41) is 2.11. The van der Waals surface area contributed by atoms with E-state index in [0.29, 0.717) is 0 Å². The van der Waals surface area contributed by atoms with Crippen molar-refractivity contribution in [3.8, 4) is 0 Å². The Morgan fingerprint density at radius 2 is 1.94 bits per heavy atom. The highest BCUT2D eigenvalue weighted by Gasteiger charge is 2.06. The molecule has 0 aliphatic heterocycles. The molecule has 84 valence electrons. The molecule has 2 N–H and O–H groups in total. The molecular formula is C13H14BrNS. The van der Waals surface area contributed by atoms with Crippen LogP contribution in [0.1, 0.15) is 22.9 Å². The molecular weight excluding hydrogens is 282 g/mol. The highest BCUT2D eigenvalue weighted by Crippen LogP contribution is 2.20. The van der Waals surface area contributed by atoms with Crippen LogP contribution in [0.2, 0.25) is 0 Å². The van der Waals surface area contributed by atoms with Crippen molar-refractivity contribution in [1.29, 1.82) is 0 Å². The van der Waals surface area contributed by atoms with E-state index >= 15 is 0 Å². The second kappa shape index (κ2) is 5.62. The van der Waals surface area contributed by atoms with Crippen molar-refractivity contribution in [3.63, 3.8) is 0 Å². The van der Waals surface area contributed by atoms with Gasteiger partial charge in [-0.2, -0.15) is 0 Å². The summed E-state index contributed by atoms with van der Waals surface area (Å²) < 4.78 is 1.10. The third-order valence-electron chi connectivity index (χ3n) is 2.58. The highest BCUT2D eigenvalue weighted by atomic mass is 79.9. The van der Waals surface area contributed by atoms with Crippen LogP contribution in [0.3, 0.4) is 0 Å². The second-order valence-electron chi connectivity index (χ2n) is 3.78. The number of thiophene rings is 1. The van der Waals surface area contributed by atoms with Crippen molar-refractivity contribution in [1.82, 2.24) is 0 Å². The molecule has 1 aromatic heterocycles. The van der Waals surface area contributed by atoms with Gasteiger partial charge in [0.1, 0.15) is 0 Å². The highest BCUT2D eigenvalue weighted by molar-refractivity contribution is 9.10. The fourth-order valence-electron chi connectivity index (χ4n) is 1.63. The minimum Gasteiger partial charge on any atom is -0.324 e. The predicted molar refractivity (Wildman–Crippen MR) is 73.7 cm³/mol. The molecule has 0 aliphatic carbocycles. The van der Waals surface area contributed by atoms with Crippen molar-refractivity contribution in [2.45, 2.75) is 18.9 Å². The summed E-state index contributed by atoms with van der Waals surface area (Å²) in [4.78, 5) is 1.41. The van der Waals surface area contributed by atoms with Crippen LogP contribution in [0.15, 0.2) is 46.3 Å². The number of hydrogen-bond acceptors (Lipinski definition) is 2. The minimum absolute atomic E-state index is 0.134. The Balaban J connectivity index is 1.93. The number of benzene rings is 1. The molecule has 0 fully saturated rings. The van der Waals surface area contributed by atoms with Crippen LogP contribution in [-0.4, -0.2) is 0 Å². The van der Waals surface area contributed by atoms with E-state index in [2.05, 4.69) is 45.6 Å². The Morgan fingerprint density at radius 1 is 1.19 bits per heavy atom. The van der Waals surface area contributed by atoms with E-state index in [0.717, 1.165) is 17.3 Å². The van der Waals surface area contributed by atoms with Crippen molar-refractivity contribution in [2.75, 3.05) is 0 Å². The number of halogens is 1. The normalized spacial score (nSPS) is 12.6. The first-order valence-electron chi connectivity index (χ1n) is 5.29. The quantitative estimate of drug-likeness (QED) is 0.901. The molecule has 0 amide bonds. The maximum Gasteiger partial charge on any atom is 0.0298 e. The van der Waals surface area contributed by atoms with Crippen LogP contribution in [-0.2, 0) is 6.42 Å². The predicted octanol–water partition coefficient (Wildman–Crippen LogP) is 4.14. The summed E-state index contributed by atoms with van der Waals surface area (Å²) >= 11 is 5.23. The third-order valence-corrected chi connectivity index (χ3v) is 4.04. The first kappa shape index (κ1) is 11.8. The van der Waals surface area contributed by atoms with Gasteiger partial charge in [-0.25, -0.2) is 0 Å². The summed E-state index contributed by atoms with van der Waals surface area (Å²) in [5.74, 6) is 0. The van der Waals surface area contributed by atoms with Crippen molar-refractivity contribution in [3.05, 3.63) is 56.7 Å².